The third-order valence-electron chi connectivity index (χ3n) is 3.57. The third kappa shape index (κ3) is 4.41. The van der Waals surface area contributed by atoms with Crippen molar-refractivity contribution in [2.24, 2.45) is 0 Å². The van der Waals surface area contributed by atoms with Gasteiger partial charge in [0.15, 0.2) is 0 Å². The van der Waals surface area contributed by atoms with E-state index in [-0.39, 0.29) is 5.91 Å². The van der Waals surface area contributed by atoms with Crippen molar-refractivity contribution in [3.63, 3.8) is 0 Å². The number of ether oxygens (including phenoxy) is 3. The van der Waals surface area contributed by atoms with Crippen LogP contribution in [0, 0.1) is 0 Å². The summed E-state index contributed by atoms with van der Waals surface area (Å²) >= 11 is 3.39. The van der Waals surface area contributed by atoms with Crippen molar-refractivity contribution in [3.05, 3.63) is 52.0 Å². The minimum Gasteiger partial charge on any atom is -0.497 e. The zero-order valence-electron chi connectivity index (χ0n) is 13.9. The SMILES string of the molecule is COc1ccc(CCNC(=O)c2cc(OC)c(Br)c(OC)c2)cc1. The van der Waals surface area contributed by atoms with Gasteiger partial charge < -0.3 is 19.5 Å². The predicted molar refractivity (Wildman–Crippen MR) is 96.3 cm³/mol. The van der Waals surface area contributed by atoms with E-state index in [1.807, 2.05) is 24.3 Å². The molecule has 2 aromatic carbocycles. The van der Waals surface area contributed by atoms with Crippen LogP contribution in [-0.4, -0.2) is 33.8 Å². The van der Waals surface area contributed by atoms with Crippen molar-refractivity contribution in [1.29, 1.82) is 0 Å². The van der Waals surface area contributed by atoms with Crippen molar-refractivity contribution in [2.75, 3.05) is 27.9 Å². The second kappa shape index (κ2) is 8.59. The Hall–Kier alpha value is -2.21. The number of benzene rings is 2. The number of hydrogen-bond donors (Lipinski definition) is 1. The molecular weight excluding hydrogens is 374 g/mol. The second-order valence-electron chi connectivity index (χ2n) is 5.05. The first-order valence-electron chi connectivity index (χ1n) is 7.41. The summed E-state index contributed by atoms with van der Waals surface area (Å²) in [5, 5.41) is 2.90. The van der Waals surface area contributed by atoms with Gasteiger partial charge in [-0.15, -0.1) is 0 Å². The van der Waals surface area contributed by atoms with Gasteiger partial charge in [-0.1, -0.05) is 12.1 Å². The number of nitrogens with one attached hydrogen (secondary N) is 1. The van der Waals surface area contributed by atoms with Gasteiger partial charge >= 0.3 is 0 Å². The Morgan fingerprint density at radius 1 is 1.00 bits per heavy atom. The van der Waals surface area contributed by atoms with E-state index in [9.17, 15) is 4.79 Å². The average molecular weight is 394 g/mol. The highest BCUT2D eigenvalue weighted by Crippen LogP contribution is 2.35. The largest absolute Gasteiger partial charge is 0.497 e. The molecule has 6 heteroatoms. The Balaban J connectivity index is 1.99. The Morgan fingerprint density at radius 2 is 1.58 bits per heavy atom. The fourth-order valence-corrected chi connectivity index (χ4v) is 2.77. The number of carbonyl (C=O) groups excluding carboxylic acids is 1. The third-order valence-corrected chi connectivity index (χ3v) is 4.35. The molecule has 24 heavy (non-hydrogen) atoms. The molecule has 0 aliphatic rings. The van der Waals surface area contributed by atoms with Crippen LogP contribution in [0.25, 0.3) is 0 Å². The highest BCUT2D eigenvalue weighted by atomic mass is 79.9. The zero-order chi connectivity index (χ0) is 17.5. The molecule has 128 valence electrons. The Bertz CT molecular complexity index is 676. The van der Waals surface area contributed by atoms with Crippen molar-refractivity contribution < 1.29 is 19.0 Å². The summed E-state index contributed by atoms with van der Waals surface area (Å²) in [5.41, 5.74) is 1.61. The molecule has 0 bridgehead atoms. The molecule has 5 nitrogen and oxygen atoms in total. The average Bonchev–Trinajstić information content (AvgIpc) is 2.62. The topological polar surface area (TPSA) is 56.8 Å². The van der Waals surface area contributed by atoms with Gasteiger partial charge in [0.25, 0.3) is 5.91 Å². The van der Waals surface area contributed by atoms with E-state index in [0.717, 1.165) is 17.7 Å². The van der Waals surface area contributed by atoms with E-state index in [2.05, 4.69) is 21.2 Å². The van der Waals surface area contributed by atoms with Crippen molar-refractivity contribution >= 4 is 21.8 Å². The first kappa shape index (κ1) is 18.1. The lowest BCUT2D eigenvalue weighted by molar-refractivity contribution is 0.0953. The number of halogens is 1. The number of hydrogen-bond acceptors (Lipinski definition) is 4. The lowest BCUT2D eigenvalue weighted by Crippen LogP contribution is -2.25. The van der Waals surface area contributed by atoms with Crippen LogP contribution >= 0.6 is 15.9 Å². The maximum atomic E-state index is 12.3. The molecule has 0 saturated carbocycles. The predicted octanol–water partition coefficient (Wildman–Crippen LogP) is 3.45. The highest BCUT2D eigenvalue weighted by Gasteiger charge is 2.14. The quantitative estimate of drug-likeness (QED) is 0.782. The molecule has 2 aromatic rings. The molecule has 0 heterocycles. The molecule has 0 radical (unpaired) electrons. The smallest absolute Gasteiger partial charge is 0.251 e. The summed E-state index contributed by atoms with van der Waals surface area (Å²) in [7, 11) is 4.73. The second-order valence-corrected chi connectivity index (χ2v) is 5.84. The van der Waals surface area contributed by atoms with Gasteiger partial charge in [-0.05, 0) is 52.2 Å². The van der Waals surface area contributed by atoms with Crippen LogP contribution in [0.15, 0.2) is 40.9 Å². The molecule has 2 rings (SSSR count). The van der Waals surface area contributed by atoms with E-state index in [4.69, 9.17) is 14.2 Å². The summed E-state index contributed by atoms with van der Waals surface area (Å²) in [4.78, 5) is 12.3. The Morgan fingerprint density at radius 3 is 2.08 bits per heavy atom. The van der Waals surface area contributed by atoms with E-state index >= 15 is 0 Å². The van der Waals surface area contributed by atoms with Gasteiger partial charge in [0, 0.05) is 12.1 Å². The number of methoxy groups -OCH3 is 3. The molecule has 0 spiro atoms. The standard InChI is InChI=1S/C18H20BrNO4/c1-22-14-6-4-12(5-7-14)8-9-20-18(21)13-10-15(23-2)17(19)16(11-13)24-3/h4-7,10-11H,8-9H2,1-3H3,(H,20,21). The highest BCUT2D eigenvalue weighted by molar-refractivity contribution is 9.10. The summed E-state index contributed by atoms with van der Waals surface area (Å²) < 4.78 is 16.3. The van der Waals surface area contributed by atoms with E-state index < -0.39 is 0 Å². The Labute approximate surface area is 150 Å². The fourth-order valence-electron chi connectivity index (χ4n) is 2.22. The van der Waals surface area contributed by atoms with Gasteiger partial charge in [-0.2, -0.15) is 0 Å². The monoisotopic (exact) mass is 393 g/mol. The molecule has 0 aliphatic heterocycles. The molecular formula is C18H20BrNO4. The zero-order valence-corrected chi connectivity index (χ0v) is 15.5. The number of amides is 1. The fraction of sp³-hybridized carbons (Fsp3) is 0.278. The van der Waals surface area contributed by atoms with Crippen LogP contribution in [0.5, 0.6) is 17.2 Å². The van der Waals surface area contributed by atoms with Crippen LogP contribution in [0.4, 0.5) is 0 Å². The molecule has 0 saturated heterocycles. The molecule has 0 fully saturated rings. The van der Waals surface area contributed by atoms with Gasteiger partial charge in [0.2, 0.25) is 0 Å². The lowest BCUT2D eigenvalue weighted by Gasteiger charge is -2.12. The normalized spacial score (nSPS) is 10.2. The van der Waals surface area contributed by atoms with Crippen LogP contribution in [0.1, 0.15) is 15.9 Å². The molecule has 0 unspecified atom stereocenters. The first-order valence-corrected chi connectivity index (χ1v) is 8.21. The molecule has 0 atom stereocenters. The van der Waals surface area contributed by atoms with Gasteiger partial charge in [0.1, 0.15) is 21.7 Å². The summed E-state index contributed by atoms with van der Waals surface area (Å²) in [6, 6.07) is 11.1. The lowest BCUT2D eigenvalue weighted by atomic mass is 10.1. The van der Waals surface area contributed by atoms with Crippen LogP contribution in [0.2, 0.25) is 0 Å². The summed E-state index contributed by atoms with van der Waals surface area (Å²) in [6.45, 7) is 0.534. The van der Waals surface area contributed by atoms with Gasteiger partial charge in [-0.25, -0.2) is 0 Å². The van der Waals surface area contributed by atoms with Gasteiger partial charge in [-0.3, -0.25) is 4.79 Å². The van der Waals surface area contributed by atoms with Gasteiger partial charge in [0.05, 0.1) is 21.3 Å². The summed E-state index contributed by atoms with van der Waals surface area (Å²) in [6.07, 6.45) is 0.737. The Kier molecular flexibility index (Phi) is 6.49. The van der Waals surface area contributed by atoms with Crippen LogP contribution < -0.4 is 19.5 Å². The van der Waals surface area contributed by atoms with Crippen LogP contribution in [0.3, 0.4) is 0 Å². The molecule has 1 amide bonds. The minimum atomic E-state index is -0.174. The van der Waals surface area contributed by atoms with Crippen molar-refractivity contribution in [3.8, 4) is 17.2 Å². The number of rotatable bonds is 7. The molecule has 0 aliphatic carbocycles. The van der Waals surface area contributed by atoms with E-state index in [0.29, 0.717) is 28.1 Å². The summed E-state index contributed by atoms with van der Waals surface area (Å²) in [5.74, 6) is 1.74. The van der Waals surface area contributed by atoms with E-state index in [1.54, 1.807) is 33.5 Å². The molecule has 0 aromatic heterocycles. The maximum absolute atomic E-state index is 12.3. The molecule has 1 N–H and O–H groups in total. The van der Waals surface area contributed by atoms with E-state index in [1.165, 1.54) is 0 Å². The maximum Gasteiger partial charge on any atom is 0.251 e. The minimum absolute atomic E-state index is 0.174. The van der Waals surface area contributed by atoms with Crippen molar-refractivity contribution in [1.82, 2.24) is 5.32 Å². The first-order chi connectivity index (χ1) is 11.6. The van der Waals surface area contributed by atoms with Crippen LogP contribution in [-0.2, 0) is 6.42 Å². The van der Waals surface area contributed by atoms with Crippen molar-refractivity contribution in [2.45, 2.75) is 6.42 Å². The number of carbonyl (C=O) groups is 1.